The Morgan fingerprint density at radius 1 is 1.30 bits per heavy atom. The van der Waals surface area contributed by atoms with E-state index in [1.807, 2.05) is 0 Å². The molecule has 1 nitrogen and oxygen atoms in total. The Balaban J connectivity index is 2.10. The highest BCUT2D eigenvalue weighted by Crippen LogP contribution is 2.29. The quantitative estimate of drug-likeness (QED) is 0.460. The Hall–Kier alpha value is -0.300. The molecule has 0 saturated carbocycles. The molecule has 2 aliphatic rings. The fourth-order valence-corrected chi connectivity index (χ4v) is 2.23. The van der Waals surface area contributed by atoms with Crippen molar-refractivity contribution in [3.63, 3.8) is 0 Å². The van der Waals surface area contributed by atoms with Crippen molar-refractivity contribution in [1.29, 1.82) is 0 Å². The molecule has 2 heterocycles. The molecule has 1 atom stereocenters. The second-order valence-corrected chi connectivity index (χ2v) is 3.46. The van der Waals surface area contributed by atoms with Crippen molar-refractivity contribution < 1.29 is 0 Å². The third-order valence-corrected chi connectivity index (χ3v) is 2.78. The van der Waals surface area contributed by atoms with Crippen molar-refractivity contribution in [3.05, 3.63) is 12.2 Å². The van der Waals surface area contributed by atoms with E-state index in [1.165, 1.54) is 44.3 Å². The molecular formula is C9H15N. The second-order valence-electron chi connectivity index (χ2n) is 3.46. The molecule has 1 heteroatoms. The van der Waals surface area contributed by atoms with E-state index in [0.29, 0.717) is 0 Å². The molecular weight excluding hydrogens is 122 g/mol. The van der Waals surface area contributed by atoms with Crippen molar-refractivity contribution in [3.8, 4) is 0 Å². The minimum atomic E-state index is 0.772. The first-order valence-electron chi connectivity index (χ1n) is 4.29. The van der Waals surface area contributed by atoms with Gasteiger partial charge in [0.1, 0.15) is 0 Å². The van der Waals surface area contributed by atoms with Crippen LogP contribution < -0.4 is 0 Å². The minimum Gasteiger partial charge on any atom is -0.297 e. The Kier molecular flexibility index (Phi) is 1.53. The summed E-state index contributed by atoms with van der Waals surface area (Å²) in [6.45, 7) is 6.76. The zero-order valence-electron chi connectivity index (χ0n) is 6.47. The maximum absolute atomic E-state index is 4.12. The van der Waals surface area contributed by atoms with Gasteiger partial charge in [0, 0.05) is 6.04 Å². The van der Waals surface area contributed by atoms with E-state index < -0.39 is 0 Å². The van der Waals surface area contributed by atoms with Crippen molar-refractivity contribution in [1.82, 2.24) is 4.90 Å². The summed E-state index contributed by atoms with van der Waals surface area (Å²) in [6, 6.07) is 0.772. The Labute approximate surface area is 62.7 Å². The van der Waals surface area contributed by atoms with Gasteiger partial charge in [0.15, 0.2) is 0 Å². The molecule has 0 spiro atoms. The van der Waals surface area contributed by atoms with Crippen LogP contribution in [0.2, 0.25) is 0 Å². The van der Waals surface area contributed by atoms with E-state index in [1.54, 1.807) is 0 Å². The van der Waals surface area contributed by atoms with Crippen LogP contribution in [0.5, 0.6) is 0 Å². The number of piperidine rings is 1. The molecule has 56 valence electrons. The van der Waals surface area contributed by atoms with E-state index in [9.17, 15) is 0 Å². The van der Waals surface area contributed by atoms with Crippen molar-refractivity contribution in [2.24, 2.45) is 0 Å². The van der Waals surface area contributed by atoms with Gasteiger partial charge in [-0.1, -0.05) is 12.2 Å². The second kappa shape index (κ2) is 2.39. The van der Waals surface area contributed by atoms with Crippen molar-refractivity contribution >= 4 is 0 Å². The van der Waals surface area contributed by atoms with Gasteiger partial charge in [-0.2, -0.15) is 0 Å². The van der Waals surface area contributed by atoms with Crippen LogP contribution in [0.15, 0.2) is 12.2 Å². The van der Waals surface area contributed by atoms with E-state index in [4.69, 9.17) is 0 Å². The van der Waals surface area contributed by atoms with Gasteiger partial charge in [0.25, 0.3) is 0 Å². The summed E-state index contributed by atoms with van der Waals surface area (Å²) in [4.78, 5) is 2.59. The van der Waals surface area contributed by atoms with Crippen LogP contribution in [0, 0.1) is 0 Å². The Morgan fingerprint density at radius 3 is 2.90 bits per heavy atom. The summed E-state index contributed by atoms with van der Waals surface area (Å²) >= 11 is 0. The fourth-order valence-electron chi connectivity index (χ4n) is 2.23. The van der Waals surface area contributed by atoms with E-state index in [-0.39, 0.29) is 0 Å². The largest absolute Gasteiger partial charge is 0.297 e. The smallest absolute Gasteiger partial charge is 0.0305 e. The third-order valence-electron chi connectivity index (χ3n) is 2.78. The van der Waals surface area contributed by atoms with Gasteiger partial charge in [-0.25, -0.2) is 0 Å². The maximum Gasteiger partial charge on any atom is 0.0305 e. The lowest BCUT2D eigenvalue weighted by Crippen LogP contribution is -2.35. The topological polar surface area (TPSA) is 3.24 Å². The molecule has 2 fully saturated rings. The Morgan fingerprint density at radius 2 is 2.10 bits per heavy atom. The van der Waals surface area contributed by atoms with E-state index in [2.05, 4.69) is 11.5 Å². The lowest BCUT2D eigenvalue weighted by molar-refractivity contribution is 0.246. The normalized spacial score (nSPS) is 34.4. The molecule has 0 amide bonds. The molecule has 2 aliphatic heterocycles. The van der Waals surface area contributed by atoms with Gasteiger partial charge in [-0.3, -0.25) is 4.90 Å². The van der Waals surface area contributed by atoms with Gasteiger partial charge in [0.2, 0.25) is 0 Å². The van der Waals surface area contributed by atoms with Crippen LogP contribution >= 0.6 is 0 Å². The fraction of sp³-hybridized carbons (Fsp3) is 0.778. The summed E-state index contributed by atoms with van der Waals surface area (Å²) in [7, 11) is 0. The van der Waals surface area contributed by atoms with Crippen LogP contribution in [-0.4, -0.2) is 24.0 Å². The van der Waals surface area contributed by atoms with Crippen LogP contribution in [0.3, 0.4) is 0 Å². The van der Waals surface area contributed by atoms with Gasteiger partial charge in [-0.15, -0.1) is 0 Å². The van der Waals surface area contributed by atoms with Crippen molar-refractivity contribution in [2.45, 2.75) is 31.7 Å². The molecule has 0 radical (unpaired) electrons. The SMILES string of the molecule is C=C1CCCN2CCC[C@@H]12. The predicted octanol–water partition coefficient (Wildman–Crippen LogP) is 1.80. The van der Waals surface area contributed by atoms with Crippen LogP contribution in [0.1, 0.15) is 25.7 Å². The average molecular weight is 137 g/mol. The van der Waals surface area contributed by atoms with E-state index >= 15 is 0 Å². The molecule has 0 aromatic heterocycles. The highest BCUT2D eigenvalue weighted by atomic mass is 15.2. The zero-order valence-corrected chi connectivity index (χ0v) is 6.47. The molecule has 0 aromatic carbocycles. The Bertz CT molecular complexity index is 151. The van der Waals surface area contributed by atoms with Gasteiger partial charge < -0.3 is 0 Å². The number of hydrogen-bond donors (Lipinski definition) is 0. The third kappa shape index (κ3) is 0.891. The monoisotopic (exact) mass is 137 g/mol. The van der Waals surface area contributed by atoms with Gasteiger partial charge in [0.05, 0.1) is 0 Å². The first kappa shape index (κ1) is 6.41. The van der Waals surface area contributed by atoms with Crippen LogP contribution in [0.25, 0.3) is 0 Å². The molecule has 0 bridgehead atoms. The highest BCUT2D eigenvalue weighted by Gasteiger charge is 2.28. The number of hydrogen-bond acceptors (Lipinski definition) is 1. The lowest BCUT2D eigenvalue weighted by atomic mass is 9.98. The maximum atomic E-state index is 4.12. The standard InChI is InChI=1S/C9H15N/c1-8-4-2-6-10-7-3-5-9(8)10/h9H,1-7H2/t9-/m0/s1. The van der Waals surface area contributed by atoms with Crippen LogP contribution in [0.4, 0.5) is 0 Å². The summed E-state index contributed by atoms with van der Waals surface area (Å²) < 4.78 is 0. The van der Waals surface area contributed by atoms with Crippen molar-refractivity contribution in [2.75, 3.05) is 13.1 Å². The molecule has 0 aromatic rings. The summed E-state index contributed by atoms with van der Waals surface area (Å²) in [5.74, 6) is 0. The number of fused-ring (bicyclic) bond motifs is 1. The zero-order chi connectivity index (χ0) is 6.97. The average Bonchev–Trinajstić information content (AvgIpc) is 2.36. The number of rotatable bonds is 0. The van der Waals surface area contributed by atoms with Gasteiger partial charge in [-0.05, 0) is 38.8 Å². The minimum absolute atomic E-state index is 0.772. The first-order valence-corrected chi connectivity index (χ1v) is 4.29. The lowest BCUT2D eigenvalue weighted by Gasteiger charge is -2.31. The molecule has 0 unspecified atom stereocenters. The summed E-state index contributed by atoms with van der Waals surface area (Å²) in [5.41, 5.74) is 1.49. The molecule has 2 saturated heterocycles. The molecule has 2 rings (SSSR count). The summed E-state index contributed by atoms with van der Waals surface area (Å²) in [5, 5.41) is 0. The number of nitrogens with zero attached hydrogens (tertiary/aromatic N) is 1. The van der Waals surface area contributed by atoms with E-state index in [0.717, 1.165) is 6.04 Å². The molecule has 10 heavy (non-hydrogen) atoms. The predicted molar refractivity (Wildman–Crippen MR) is 43.0 cm³/mol. The van der Waals surface area contributed by atoms with Gasteiger partial charge >= 0.3 is 0 Å². The highest BCUT2D eigenvalue weighted by molar-refractivity contribution is 5.11. The summed E-state index contributed by atoms with van der Waals surface area (Å²) in [6.07, 6.45) is 5.39. The first-order chi connectivity index (χ1) is 4.88. The molecule has 0 aliphatic carbocycles. The molecule has 0 N–H and O–H groups in total. The van der Waals surface area contributed by atoms with Crippen LogP contribution in [-0.2, 0) is 0 Å².